The molecule has 1 fully saturated rings. The molecule has 0 spiro atoms. The first-order valence-electron chi connectivity index (χ1n) is 5.51. The fourth-order valence-corrected chi connectivity index (χ4v) is 4.05. The number of hydrogen-bond donors (Lipinski definition) is 1. The van der Waals surface area contributed by atoms with Crippen molar-refractivity contribution in [2.24, 2.45) is 5.41 Å². The minimum Gasteiger partial charge on any atom is -0.179 e. The molecule has 0 heterocycles. The summed E-state index contributed by atoms with van der Waals surface area (Å²) in [5.74, 6) is 3.81. The lowest BCUT2D eigenvalue weighted by Crippen LogP contribution is -2.21. The van der Waals surface area contributed by atoms with Crippen LogP contribution in [0.25, 0.3) is 0 Å². The molecule has 0 aromatic heterocycles. The lowest BCUT2D eigenvalue weighted by atomic mass is 9.91. The van der Waals surface area contributed by atoms with E-state index in [-0.39, 0.29) is 0 Å². The second kappa shape index (κ2) is 6.23. The Labute approximate surface area is 92.7 Å². The second-order valence-electron chi connectivity index (χ2n) is 4.27. The molecule has 0 atom stereocenters. The first-order chi connectivity index (χ1) is 6.33. The molecular weight excluding hydrogens is 196 g/mol. The van der Waals surface area contributed by atoms with Crippen molar-refractivity contribution in [2.45, 2.75) is 45.4 Å². The minimum absolute atomic E-state index is 0.613. The highest BCUT2D eigenvalue weighted by atomic mass is 32.2. The van der Waals surface area contributed by atoms with Crippen LogP contribution in [0.5, 0.6) is 0 Å². The van der Waals surface area contributed by atoms with E-state index in [0.29, 0.717) is 5.41 Å². The Kier molecular flexibility index (Phi) is 5.65. The van der Waals surface area contributed by atoms with Gasteiger partial charge in [0.2, 0.25) is 0 Å². The molecule has 0 bridgehead atoms. The smallest absolute Gasteiger partial charge is 0.000300 e. The van der Waals surface area contributed by atoms with Crippen LogP contribution in [0, 0.1) is 5.41 Å². The molecule has 1 rings (SSSR count). The molecule has 78 valence electrons. The maximum Gasteiger partial charge on any atom is -0.000300 e. The number of thioether (sulfide) groups is 1. The topological polar surface area (TPSA) is 0 Å². The summed E-state index contributed by atoms with van der Waals surface area (Å²) in [7, 11) is 0. The average Bonchev–Trinajstić information content (AvgIpc) is 2.62. The van der Waals surface area contributed by atoms with Gasteiger partial charge in [0.15, 0.2) is 0 Å². The van der Waals surface area contributed by atoms with Crippen LogP contribution in [0.1, 0.15) is 45.4 Å². The lowest BCUT2D eigenvalue weighted by Gasteiger charge is -2.26. The molecule has 1 aliphatic rings. The number of hydrogen-bond acceptors (Lipinski definition) is 2. The van der Waals surface area contributed by atoms with Gasteiger partial charge in [0.25, 0.3) is 0 Å². The minimum atomic E-state index is 0.613. The Balaban J connectivity index is 2.16. The first-order valence-corrected chi connectivity index (χ1v) is 7.30. The van der Waals surface area contributed by atoms with Crippen molar-refractivity contribution in [3.05, 3.63) is 0 Å². The molecule has 2 heteroatoms. The standard InChI is InChI=1S/C11H22S2/c1-2-3-8-13-10-11(9-12)6-4-5-7-11/h12H,2-10H2,1H3. The summed E-state index contributed by atoms with van der Waals surface area (Å²) in [5.41, 5.74) is 0.613. The van der Waals surface area contributed by atoms with E-state index < -0.39 is 0 Å². The van der Waals surface area contributed by atoms with Crippen LogP contribution >= 0.6 is 24.4 Å². The van der Waals surface area contributed by atoms with Gasteiger partial charge in [-0.2, -0.15) is 24.4 Å². The van der Waals surface area contributed by atoms with E-state index in [2.05, 4.69) is 31.3 Å². The van der Waals surface area contributed by atoms with Crippen LogP contribution in [0.2, 0.25) is 0 Å². The van der Waals surface area contributed by atoms with E-state index >= 15 is 0 Å². The highest BCUT2D eigenvalue weighted by Crippen LogP contribution is 2.41. The van der Waals surface area contributed by atoms with Gasteiger partial charge in [-0.1, -0.05) is 26.2 Å². The Morgan fingerprint density at radius 1 is 1.31 bits per heavy atom. The largest absolute Gasteiger partial charge is 0.179 e. The molecule has 0 amide bonds. The van der Waals surface area contributed by atoms with E-state index in [1.807, 2.05) is 0 Å². The van der Waals surface area contributed by atoms with Crippen LogP contribution in [-0.4, -0.2) is 17.3 Å². The maximum absolute atomic E-state index is 4.51. The lowest BCUT2D eigenvalue weighted by molar-refractivity contribution is 0.403. The van der Waals surface area contributed by atoms with Crippen LogP contribution in [0.4, 0.5) is 0 Å². The summed E-state index contributed by atoms with van der Waals surface area (Å²) in [6.07, 6.45) is 8.45. The molecule has 0 N–H and O–H groups in total. The fraction of sp³-hybridized carbons (Fsp3) is 1.00. The van der Waals surface area contributed by atoms with Gasteiger partial charge in [-0.05, 0) is 41.9 Å². The van der Waals surface area contributed by atoms with E-state index in [9.17, 15) is 0 Å². The molecule has 0 aliphatic heterocycles. The third kappa shape index (κ3) is 3.75. The van der Waals surface area contributed by atoms with Gasteiger partial charge in [-0.25, -0.2) is 0 Å². The van der Waals surface area contributed by atoms with Crippen molar-refractivity contribution in [1.82, 2.24) is 0 Å². The van der Waals surface area contributed by atoms with E-state index in [1.165, 1.54) is 50.0 Å². The van der Waals surface area contributed by atoms with Gasteiger partial charge in [0.1, 0.15) is 0 Å². The maximum atomic E-state index is 4.51. The summed E-state index contributed by atoms with van der Waals surface area (Å²) in [6, 6.07) is 0. The van der Waals surface area contributed by atoms with Crippen molar-refractivity contribution in [2.75, 3.05) is 17.3 Å². The normalized spacial score (nSPS) is 20.8. The van der Waals surface area contributed by atoms with E-state index in [1.54, 1.807) is 0 Å². The van der Waals surface area contributed by atoms with E-state index in [4.69, 9.17) is 0 Å². The molecule has 1 saturated carbocycles. The zero-order valence-corrected chi connectivity index (χ0v) is 10.4. The van der Waals surface area contributed by atoms with Crippen molar-refractivity contribution in [3.8, 4) is 0 Å². The Hall–Kier alpha value is 0.700. The predicted octanol–water partition coefficient (Wildman–Crippen LogP) is 4.01. The third-order valence-corrected chi connectivity index (χ3v) is 5.11. The number of rotatable bonds is 6. The van der Waals surface area contributed by atoms with Crippen LogP contribution in [0.3, 0.4) is 0 Å². The molecule has 13 heavy (non-hydrogen) atoms. The molecule has 0 nitrogen and oxygen atoms in total. The Morgan fingerprint density at radius 2 is 2.00 bits per heavy atom. The zero-order chi connectivity index (χ0) is 9.57. The summed E-state index contributed by atoms with van der Waals surface area (Å²) in [4.78, 5) is 0. The molecule has 0 saturated heterocycles. The first kappa shape index (κ1) is 11.8. The van der Waals surface area contributed by atoms with Gasteiger partial charge in [-0.3, -0.25) is 0 Å². The van der Waals surface area contributed by atoms with Crippen molar-refractivity contribution >= 4 is 24.4 Å². The molecule has 0 radical (unpaired) electrons. The zero-order valence-electron chi connectivity index (χ0n) is 8.72. The molecule has 0 aromatic rings. The second-order valence-corrected chi connectivity index (χ2v) is 5.69. The summed E-state index contributed by atoms with van der Waals surface area (Å²) in [5, 5.41) is 0. The average molecular weight is 218 g/mol. The predicted molar refractivity (Wildman–Crippen MR) is 67.0 cm³/mol. The van der Waals surface area contributed by atoms with Crippen molar-refractivity contribution < 1.29 is 0 Å². The highest BCUT2D eigenvalue weighted by Gasteiger charge is 2.31. The van der Waals surface area contributed by atoms with Crippen LogP contribution in [-0.2, 0) is 0 Å². The molecule has 0 aromatic carbocycles. The van der Waals surface area contributed by atoms with Gasteiger partial charge in [0.05, 0.1) is 0 Å². The van der Waals surface area contributed by atoms with Gasteiger partial charge < -0.3 is 0 Å². The Bertz CT molecular complexity index is 128. The van der Waals surface area contributed by atoms with Crippen molar-refractivity contribution in [3.63, 3.8) is 0 Å². The summed E-state index contributed by atoms with van der Waals surface area (Å²) in [6.45, 7) is 2.27. The monoisotopic (exact) mass is 218 g/mol. The van der Waals surface area contributed by atoms with Gasteiger partial charge in [0, 0.05) is 0 Å². The van der Waals surface area contributed by atoms with Gasteiger partial charge in [-0.15, -0.1) is 0 Å². The third-order valence-electron chi connectivity index (χ3n) is 3.05. The highest BCUT2D eigenvalue weighted by molar-refractivity contribution is 7.99. The molecule has 1 aliphatic carbocycles. The van der Waals surface area contributed by atoms with Crippen LogP contribution < -0.4 is 0 Å². The van der Waals surface area contributed by atoms with Crippen molar-refractivity contribution in [1.29, 1.82) is 0 Å². The summed E-state index contributed by atoms with van der Waals surface area (Å²) >= 11 is 6.66. The quantitative estimate of drug-likeness (QED) is 0.519. The number of unbranched alkanes of at least 4 members (excludes halogenated alkanes) is 1. The fourth-order valence-electron chi connectivity index (χ4n) is 2.01. The Morgan fingerprint density at radius 3 is 2.54 bits per heavy atom. The summed E-state index contributed by atoms with van der Waals surface area (Å²) < 4.78 is 0. The SMILES string of the molecule is CCCCSCC1(CS)CCCC1. The van der Waals surface area contributed by atoms with Crippen LogP contribution in [0.15, 0.2) is 0 Å². The van der Waals surface area contributed by atoms with Gasteiger partial charge >= 0.3 is 0 Å². The molecule has 0 unspecified atom stereocenters. The molecular formula is C11H22S2. The van der Waals surface area contributed by atoms with E-state index in [0.717, 1.165) is 5.75 Å². The number of thiol groups is 1.